The summed E-state index contributed by atoms with van der Waals surface area (Å²) in [5.74, 6) is 1.09. The number of nitrogens with zero attached hydrogens (tertiary/aromatic N) is 4. The van der Waals surface area contributed by atoms with Crippen LogP contribution < -0.4 is 10.6 Å². The molecular weight excluding hydrogens is 423 g/mol. The van der Waals surface area contributed by atoms with E-state index in [0.29, 0.717) is 18.2 Å². The van der Waals surface area contributed by atoms with Crippen LogP contribution in [0.2, 0.25) is 0 Å². The Morgan fingerprint density at radius 3 is 2.64 bits per heavy atom. The average Bonchev–Trinajstić information content (AvgIpc) is 2.85. The van der Waals surface area contributed by atoms with Crippen LogP contribution in [-0.4, -0.2) is 76.1 Å². The molecule has 3 N–H and O–H groups in total. The maximum atomic E-state index is 13.7. The summed E-state index contributed by atoms with van der Waals surface area (Å²) >= 11 is 0. The third kappa shape index (κ3) is 6.82. The second-order valence-electron chi connectivity index (χ2n) is 8.93. The SMILES string of the molecule is CCC(F)CNc1ncc(-c2ccc(CN3CCOCC3)cn2)c(NC2CCC(O)CC2)n1. The minimum Gasteiger partial charge on any atom is -0.393 e. The molecule has 180 valence electrons. The highest BCUT2D eigenvalue weighted by molar-refractivity contribution is 5.73. The summed E-state index contributed by atoms with van der Waals surface area (Å²) in [6.07, 6.45) is 6.25. The number of halogens is 1. The van der Waals surface area contributed by atoms with Gasteiger partial charge < -0.3 is 20.5 Å². The maximum Gasteiger partial charge on any atom is 0.224 e. The van der Waals surface area contributed by atoms with Gasteiger partial charge in [-0.25, -0.2) is 9.37 Å². The molecular formula is C24H35FN6O2. The number of aromatic nitrogens is 3. The van der Waals surface area contributed by atoms with Crippen molar-refractivity contribution in [1.82, 2.24) is 19.9 Å². The van der Waals surface area contributed by atoms with E-state index >= 15 is 0 Å². The first-order valence-electron chi connectivity index (χ1n) is 12.1. The highest BCUT2D eigenvalue weighted by Crippen LogP contribution is 2.29. The topological polar surface area (TPSA) is 95.4 Å². The standard InChI is InChI=1S/C24H35FN6O2/c1-2-18(25)14-27-24-28-15-21(23(30-24)29-19-4-6-20(32)7-5-19)22-8-3-17(13-26-22)16-31-9-11-33-12-10-31/h3,8,13,15,18-20,32H,2,4-7,9-12,14,16H2,1H3,(H2,27,28,29,30). The van der Waals surface area contributed by atoms with E-state index < -0.39 is 6.17 Å². The van der Waals surface area contributed by atoms with Gasteiger partial charge in [0.25, 0.3) is 0 Å². The molecule has 9 heteroatoms. The lowest BCUT2D eigenvalue weighted by Gasteiger charge is -2.27. The van der Waals surface area contributed by atoms with Crippen molar-refractivity contribution in [3.8, 4) is 11.3 Å². The van der Waals surface area contributed by atoms with E-state index in [9.17, 15) is 9.50 Å². The Morgan fingerprint density at radius 1 is 1.15 bits per heavy atom. The van der Waals surface area contributed by atoms with Crippen molar-refractivity contribution < 1.29 is 14.2 Å². The largest absolute Gasteiger partial charge is 0.393 e. The molecule has 2 aromatic rings. The number of aliphatic hydroxyl groups excluding tert-OH is 1. The molecule has 1 unspecified atom stereocenters. The lowest BCUT2D eigenvalue weighted by atomic mass is 9.93. The van der Waals surface area contributed by atoms with Crippen molar-refractivity contribution in [2.45, 2.75) is 63.9 Å². The lowest BCUT2D eigenvalue weighted by molar-refractivity contribution is 0.0341. The van der Waals surface area contributed by atoms with E-state index in [1.165, 1.54) is 0 Å². The van der Waals surface area contributed by atoms with Gasteiger partial charge in [0, 0.05) is 44.6 Å². The summed E-state index contributed by atoms with van der Waals surface area (Å²) in [6.45, 7) is 6.27. The van der Waals surface area contributed by atoms with Crippen molar-refractivity contribution in [3.05, 3.63) is 30.1 Å². The highest BCUT2D eigenvalue weighted by atomic mass is 19.1. The minimum atomic E-state index is -0.940. The molecule has 2 fully saturated rings. The van der Waals surface area contributed by atoms with Gasteiger partial charge in [-0.05, 0) is 43.7 Å². The zero-order chi connectivity index (χ0) is 23.0. The number of alkyl halides is 1. The van der Waals surface area contributed by atoms with Gasteiger partial charge in [0.05, 0.1) is 30.6 Å². The van der Waals surface area contributed by atoms with Gasteiger partial charge in [-0.3, -0.25) is 9.88 Å². The number of morpholine rings is 1. The molecule has 2 aromatic heterocycles. The molecule has 0 spiro atoms. The molecule has 0 radical (unpaired) electrons. The van der Waals surface area contributed by atoms with Crippen LogP contribution in [0.15, 0.2) is 24.5 Å². The first-order valence-corrected chi connectivity index (χ1v) is 12.1. The fourth-order valence-corrected chi connectivity index (χ4v) is 4.22. The Kier molecular flexibility index (Phi) is 8.41. The number of nitrogens with one attached hydrogen (secondary N) is 2. The van der Waals surface area contributed by atoms with E-state index in [1.807, 2.05) is 19.2 Å². The van der Waals surface area contributed by atoms with Crippen molar-refractivity contribution in [1.29, 1.82) is 0 Å². The monoisotopic (exact) mass is 458 g/mol. The van der Waals surface area contributed by atoms with Crippen LogP contribution >= 0.6 is 0 Å². The normalized spacial score (nSPS) is 22.6. The second kappa shape index (κ2) is 11.7. The molecule has 8 nitrogen and oxygen atoms in total. The van der Waals surface area contributed by atoms with Crippen molar-refractivity contribution in [2.75, 3.05) is 43.5 Å². The summed E-state index contributed by atoms with van der Waals surface area (Å²) in [5, 5.41) is 16.4. The fraction of sp³-hybridized carbons (Fsp3) is 0.625. The van der Waals surface area contributed by atoms with E-state index in [-0.39, 0.29) is 18.7 Å². The Morgan fingerprint density at radius 2 is 1.94 bits per heavy atom. The zero-order valence-electron chi connectivity index (χ0n) is 19.3. The van der Waals surface area contributed by atoms with Crippen molar-refractivity contribution >= 4 is 11.8 Å². The Labute approximate surface area is 195 Å². The van der Waals surface area contributed by atoms with Crippen molar-refractivity contribution in [3.63, 3.8) is 0 Å². The van der Waals surface area contributed by atoms with Crippen LogP contribution in [-0.2, 0) is 11.3 Å². The van der Waals surface area contributed by atoms with Crippen LogP contribution in [0.4, 0.5) is 16.2 Å². The molecule has 1 atom stereocenters. The molecule has 4 rings (SSSR count). The summed E-state index contributed by atoms with van der Waals surface area (Å²) in [7, 11) is 0. The highest BCUT2D eigenvalue weighted by Gasteiger charge is 2.22. The number of aliphatic hydroxyl groups is 1. The van der Waals surface area contributed by atoms with E-state index in [2.05, 4.69) is 31.6 Å². The molecule has 0 amide bonds. The second-order valence-corrected chi connectivity index (χ2v) is 8.93. The number of ether oxygens (including phenoxy) is 1. The first-order chi connectivity index (χ1) is 16.1. The van der Waals surface area contributed by atoms with E-state index in [4.69, 9.17) is 9.72 Å². The van der Waals surface area contributed by atoms with Crippen LogP contribution in [0.1, 0.15) is 44.6 Å². The molecule has 1 aliphatic carbocycles. The summed E-state index contributed by atoms with van der Waals surface area (Å²) in [6, 6.07) is 4.33. The number of anilines is 2. The predicted molar refractivity (Wildman–Crippen MR) is 127 cm³/mol. The smallest absolute Gasteiger partial charge is 0.224 e. The molecule has 33 heavy (non-hydrogen) atoms. The summed E-state index contributed by atoms with van der Waals surface area (Å²) < 4.78 is 19.1. The Balaban J connectivity index is 1.50. The van der Waals surface area contributed by atoms with Gasteiger partial charge in [0.15, 0.2) is 0 Å². The van der Waals surface area contributed by atoms with Crippen LogP contribution in [0, 0.1) is 0 Å². The Bertz CT molecular complexity index is 870. The Hall–Kier alpha value is -2.36. The predicted octanol–water partition coefficient (Wildman–Crippen LogP) is 3.25. The zero-order valence-corrected chi connectivity index (χ0v) is 19.3. The molecule has 2 aliphatic rings. The number of hydrogen-bond donors (Lipinski definition) is 3. The van der Waals surface area contributed by atoms with Gasteiger partial charge in [-0.2, -0.15) is 4.98 Å². The minimum absolute atomic E-state index is 0.180. The molecule has 0 aromatic carbocycles. The molecule has 1 saturated carbocycles. The van der Waals surface area contributed by atoms with E-state index in [0.717, 1.165) is 75.4 Å². The lowest BCUT2D eigenvalue weighted by Crippen LogP contribution is -2.35. The third-order valence-electron chi connectivity index (χ3n) is 6.36. The van der Waals surface area contributed by atoms with Crippen LogP contribution in [0.5, 0.6) is 0 Å². The molecule has 1 saturated heterocycles. The molecule has 1 aliphatic heterocycles. The maximum absolute atomic E-state index is 13.7. The molecule has 3 heterocycles. The third-order valence-corrected chi connectivity index (χ3v) is 6.36. The van der Waals surface area contributed by atoms with Gasteiger partial charge in [0.2, 0.25) is 5.95 Å². The van der Waals surface area contributed by atoms with Crippen LogP contribution in [0.25, 0.3) is 11.3 Å². The summed E-state index contributed by atoms with van der Waals surface area (Å²) in [4.78, 5) is 16.1. The van der Waals surface area contributed by atoms with Gasteiger partial charge in [-0.15, -0.1) is 0 Å². The average molecular weight is 459 g/mol. The summed E-state index contributed by atoms with van der Waals surface area (Å²) in [5.41, 5.74) is 2.77. The van der Waals surface area contributed by atoms with Crippen LogP contribution in [0.3, 0.4) is 0 Å². The number of pyridine rings is 1. The van der Waals surface area contributed by atoms with Gasteiger partial charge >= 0.3 is 0 Å². The quantitative estimate of drug-likeness (QED) is 0.527. The van der Waals surface area contributed by atoms with Gasteiger partial charge in [0.1, 0.15) is 12.0 Å². The van der Waals surface area contributed by atoms with Gasteiger partial charge in [-0.1, -0.05) is 13.0 Å². The first kappa shape index (κ1) is 23.8. The van der Waals surface area contributed by atoms with Crippen molar-refractivity contribution in [2.24, 2.45) is 0 Å². The number of hydrogen-bond acceptors (Lipinski definition) is 8. The fourth-order valence-electron chi connectivity index (χ4n) is 4.22. The number of rotatable bonds is 9. The van der Waals surface area contributed by atoms with E-state index in [1.54, 1.807) is 6.20 Å². The molecule has 0 bridgehead atoms.